The van der Waals surface area contributed by atoms with Gasteiger partial charge in [-0.25, -0.2) is 0 Å². The van der Waals surface area contributed by atoms with E-state index in [4.69, 9.17) is 4.99 Å². The summed E-state index contributed by atoms with van der Waals surface area (Å²) in [7, 11) is 0. The van der Waals surface area contributed by atoms with Crippen LogP contribution in [-0.4, -0.2) is 10.8 Å². The van der Waals surface area contributed by atoms with E-state index in [1.807, 2.05) is 48.7 Å². The highest BCUT2D eigenvalue weighted by molar-refractivity contribution is 9.10. The van der Waals surface area contributed by atoms with Crippen LogP contribution < -0.4 is 0 Å². The molecule has 0 amide bonds. The van der Waals surface area contributed by atoms with Gasteiger partial charge in [-0.05, 0) is 53.6 Å². The van der Waals surface area contributed by atoms with Crippen LogP contribution >= 0.6 is 15.9 Å². The van der Waals surface area contributed by atoms with Gasteiger partial charge in [0.05, 0.1) is 17.1 Å². The molecule has 0 N–H and O–H groups in total. The standard InChI is InChI=1S/C29H21BrN2/c30-25-16-18-27(19-17-25)32-28(22-10-4-1-5-11-22)20-24(21-31-26-14-8-3-9-15-26)29(32)23-12-6-2-7-13-23/h1-21H. The van der Waals surface area contributed by atoms with Crippen LogP contribution in [0.25, 0.3) is 28.2 Å². The van der Waals surface area contributed by atoms with Gasteiger partial charge in [-0.3, -0.25) is 4.99 Å². The van der Waals surface area contributed by atoms with Crippen molar-refractivity contribution in [2.45, 2.75) is 0 Å². The first-order valence-electron chi connectivity index (χ1n) is 10.5. The van der Waals surface area contributed by atoms with Crippen molar-refractivity contribution in [1.29, 1.82) is 0 Å². The van der Waals surface area contributed by atoms with Gasteiger partial charge in [0.25, 0.3) is 0 Å². The molecule has 1 aromatic heterocycles. The smallest absolute Gasteiger partial charge is 0.0629 e. The monoisotopic (exact) mass is 476 g/mol. The highest BCUT2D eigenvalue weighted by Crippen LogP contribution is 2.36. The molecule has 1 heterocycles. The van der Waals surface area contributed by atoms with Crippen LogP contribution in [0.1, 0.15) is 5.56 Å². The molecule has 2 nitrogen and oxygen atoms in total. The summed E-state index contributed by atoms with van der Waals surface area (Å²) in [5.41, 5.74) is 7.66. The van der Waals surface area contributed by atoms with Crippen LogP contribution in [0.3, 0.4) is 0 Å². The molecule has 5 rings (SSSR count). The van der Waals surface area contributed by atoms with Gasteiger partial charge in [0.1, 0.15) is 0 Å². The molecule has 4 aromatic carbocycles. The highest BCUT2D eigenvalue weighted by atomic mass is 79.9. The average molecular weight is 477 g/mol. The van der Waals surface area contributed by atoms with Gasteiger partial charge in [0.2, 0.25) is 0 Å². The topological polar surface area (TPSA) is 17.3 Å². The molecule has 0 unspecified atom stereocenters. The maximum atomic E-state index is 4.77. The molecule has 0 aliphatic rings. The lowest BCUT2D eigenvalue weighted by molar-refractivity contribution is 1.09. The summed E-state index contributed by atoms with van der Waals surface area (Å²) in [6.07, 6.45) is 1.97. The Morgan fingerprint density at radius 3 is 1.81 bits per heavy atom. The number of hydrogen-bond acceptors (Lipinski definition) is 1. The lowest BCUT2D eigenvalue weighted by Crippen LogP contribution is -2.00. The Hall–Kier alpha value is -3.69. The lowest BCUT2D eigenvalue weighted by atomic mass is 10.1. The normalized spacial score (nSPS) is 11.2. The van der Waals surface area contributed by atoms with Gasteiger partial charge >= 0.3 is 0 Å². The Morgan fingerprint density at radius 2 is 1.19 bits per heavy atom. The Morgan fingerprint density at radius 1 is 0.625 bits per heavy atom. The summed E-state index contributed by atoms with van der Waals surface area (Å²) in [4.78, 5) is 4.77. The number of halogens is 1. The predicted octanol–water partition coefficient (Wildman–Crippen LogP) is 8.32. The molecule has 0 radical (unpaired) electrons. The third-order valence-electron chi connectivity index (χ3n) is 5.34. The Labute approximate surface area is 196 Å². The average Bonchev–Trinajstić information content (AvgIpc) is 3.24. The molecule has 0 aliphatic heterocycles. The van der Waals surface area contributed by atoms with E-state index in [-0.39, 0.29) is 0 Å². The zero-order valence-electron chi connectivity index (χ0n) is 17.4. The second kappa shape index (κ2) is 9.21. The van der Waals surface area contributed by atoms with Crippen molar-refractivity contribution in [3.05, 3.63) is 131 Å². The van der Waals surface area contributed by atoms with Crippen LogP contribution in [0, 0.1) is 0 Å². The minimum atomic E-state index is 0.934. The van der Waals surface area contributed by atoms with E-state index >= 15 is 0 Å². The van der Waals surface area contributed by atoms with Crippen molar-refractivity contribution >= 4 is 27.8 Å². The number of para-hydroxylation sites is 1. The molecular formula is C29H21BrN2. The van der Waals surface area contributed by atoms with E-state index in [1.54, 1.807) is 0 Å². The molecular weight excluding hydrogens is 456 g/mol. The molecule has 0 fully saturated rings. The fourth-order valence-electron chi connectivity index (χ4n) is 3.86. The maximum Gasteiger partial charge on any atom is 0.0629 e. The molecule has 32 heavy (non-hydrogen) atoms. The minimum absolute atomic E-state index is 0.934. The van der Waals surface area contributed by atoms with Gasteiger partial charge in [-0.15, -0.1) is 0 Å². The SMILES string of the molecule is Brc1ccc(-n2c(-c3ccccc3)cc(C=Nc3ccccc3)c2-c2ccccc2)cc1. The van der Waals surface area contributed by atoms with E-state index in [1.165, 1.54) is 0 Å². The van der Waals surface area contributed by atoms with Crippen LogP contribution in [-0.2, 0) is 0 Å². The molecule has 0 saturated heterocycles. The number of rotatable bonds is 5. The fraction of sp³-hybridized carbons (Fsp3) is 0. The Balaban J connectivity index is 1.78. The van der Waals surface area contributed by atoms with Gasteiger partial charge in [0.15, 0.2) is 0 Å². The number of aromatic nitrogens is 1. The second-order valence-electron chi connectivity index (χ2n) is 7.47. The number of aliphatic imine (C=N–C) groups is 1. The zero-order chi connectivity index (χ0) is 21.8. The van der Waals surface area contributed by atoms with Crippen molar-refractivity contribution in [2.75, 3.05) is 0 Å². The first-order valence-corrected chi connectivity index (χ1v) is 11.3. The van der Waals surface area contributed by atoms with E-state index < -0.39 is 0 Å². The Bertz CT molecular complexity index is 1340. The molecule has 154 valence electrons. The summed E-state index contributed by atoms with van der Waals surface area (Å²) in [6, 6.07) is 41.7. The van der Waals surface area contributed by atoms with Crippen molar-refractivity contribution in [2.24, 2.45) is 4.99 Å². The van der Waals surface area contributed by atoms with Crippen molar-refractivity contribution < 1.29 is 0 Å². The molecule has 0 aliphatic carbocycles. The quantitative estimate of drug-likeness (QED) is 0.227. The third-order valence-corrected chi connectivity index (χ3v) is 5.87. The summed E-state index contributed by atoms with van der Waals surface area (Å²) >= 11 is 3.57. The van der Waals surface area contributed by atoms with Crippen LogP contribution in [0.2, 0.25) is 0 Å². The largest absolute Gasteiger partial charge is 0.309 e. The molecule has 3 heteroatoms. The van der Waals surface area contributed by atoms with Gasteiger partial charge in [0, 0.05) is 21.9 Å². The highest BCUT2D eigenvalue weighted by Gasteiger charge is 2.18. The van der Waals surface area contributed by atoms with Crippen molar-refractivity contribution in [3.63, 3.8) is 0 Å². The van der Waals surface area contributed by atoms with Gasteiger partial charge < -0.3 is 4.57 Å². The minimum Gasteiger partial charge on any atom is -0.309 e. The fourth-order valence-corrected chi connectivity index (χ4v) is 4.12. The first kappa shape index (κ1) is 20.2. The predicted molar refractivity (Wildman–Crippen MR) is 138 cm³/mol. The third kappa shape index (κ3) is 4.20. The van der Waals surface area contributed by atoms with Gasteiger partial charge in [-0.1, -0.05) is 94.8 Å². The molecule has 0 spiro atoms. The van der Waals surface area contributed by atoms with Crippen molar-refractivity contribution in [3.8, 4) is 28.2 Å². The number of benzene rings is 4. The van der Waals surface area contributed by atoms with E-state index in [2.05, 4.69) is 99.4 Å². The summed E-state index contributed by atoms with van der Waals surface area (Å²) in [5.74, 6) is 0. The molecule has 5 aromatic rings. The number of nitrogens with zero attached hydrogens (tertiary/aromatic N) is 2. The first-order chi connectivity index (χ1) is 15.8. The van der Waals surface area contributed by atoms with Gasteiger partial charge in [-0.2, -0.15) is 0 Å². The summed E-state index contributed by atoms with van der Waals surface area (Å²) in [6.45, 7) is 0. The summed E-state index contributed by atoms with van der Waals surface area (Å²) < 4.78 is 3.38. The van der Waals surface area contributed by atoms with Crippen molar-refractivity contribution in [1.82, 2.24) is 4.57 Å². The Kier molecular flexibility index (Phi) is 5.82. The maximum absolute atomic E-state index is 4.77. The molecule has 0 saturated carbocycles. The van der Waals surface area contributed by atoms with E-state index in [0.29, 0.717) is 0 Å². The van der Waals surface area contributed by atoms with E-state index in [9.17, 15) is 0 Å². The molecule has 0 bridgehead atoms. The van der Waals surface area contributed by atoms with Crippen LogP contribution in [0.4, 0.5) is 5.69 Å². The second-order valence-corrected chi connectivity index (χ2v) is 8.39. The number of hydrogen-bond donors (Lipinski definition) is 0. The zero-order valence-corrected chi connectivity index (χ0v) is 19.0. The van der Waals surface area contributed by atoms with E-state index in [0.717, 1.165) is 43.9 Å². The summed E-state index contributed by atoms with van der Waals surface area (Å²) in [5, 5.41) is 0. The van der Waals surface area contributed by atoms with Crippen LogP contribution in [0.5, 0.6) is 0 Å². The van der Waals surface area contributed by atoms with Crippen LogP contribution in [0.15, 0.2) is 131 Å². The lowest BCUT2D eigenvalue weighted by Gasteiger charge is -2.15. The molecule has 0 atom stereocenters.